The highest BCUT2D eigenvalue weighted by atomic mass is 19.1. The third kappa shape index (κ3) is 3.57. The average Bonchev–Trinajstić information content (AvgIpc) is 3.06. The fraction of sp³-hybridized carbons (Fsp3) is 0.524. The first kappa shape index (κ1) is 19.7. The van der Waals surface area contributed by atoms with E-state index in [9.17, 15) is 14.0 Å². The molecule has 0 saturated carbocycles. The molecule has 3 heterocycles. The summed E-state index contributed by atoms with van der Waals surface area (Å²) >= 11 is 0. The summed E-state index contributed by atoms with van der Waals surface area (Å²) in [6.45, 7) is 5.01. The fourth-order valence-electron chi connectivity index (χ4n) is 4.19. The highest BCUT2D eigenvalue weighted by molar-refractivity contribution is 6.23. The predicted molar refractivity (Wildman–Crippen MR) is 107 cm³/mol. The number of fused-ring (bicyclic) bond motifs is 1. The van der Waals surface area contributed by atoms with Gasteiger partial charge in [-0.15, -0.1) is 0 Å². The van der Waals surface area contributed by atoms with Crippen molar-refractivity contribution in [2.24, 2.45) is 10.9 Å². The summed E-state index contributed by atoms with van der Waals surface area (Å²) in [6, 6.07) is 5.47. The van der Waals surface area contributed by atoms with E-state index in [0.717, 1.165) is 30.8 Å². The van der Waals surface area contributed by atoms with Gasteiger partial charge in [-0.25, -0.2) is 13.8 Å². The maximum absolute atomic E-state index is 14.4. The van der Waals surface area contributed by atoms with Gasteiger partial charge in [0.1, 0.15) is 18.9 Å². The fourth-order valence-corrected chi connectivity index (χ4v) is 4.19. The van der Waals surface area contributed by atoms with E-state index < -0.39 is 12.1 Å². The summed E-state index contributed by atoms with van der Waals surface area (Å²) in [5.74, 6) is 1.21. The van der Waals surface area contributed by atoms with Gasteiger partial charge in [0.25, 0.3) is 17.8 Å². The van der Waals surface area contributed by atoms with Crippen LogP contribution < -0.4 is 0 Å². The zero-order valence-corrected chi connectivity index (χ0v) is 17.1. The molecule has 1 atom stereocenters. The zero-order chi connectivity index (χ0) is 20.7. The Morgan fingerprint density at radius 2 is 1.83 bits per heavy atom. The Bertz CT molecular complexity index is 904. The van der Waals surface area contributed by atoms with Gasteiger partial charge in [0.15, 0.2) is 0 Å². The molecule has 0 aromatic heterocycles. The van der Waals surface area contributed by atoms with Crippen LogP contribution in [0.25, 0.3) is 0 Å². The largest absolute Gasteiger partial charge is 0.333 e. The number of piperidine rings is 1. The Labute approximate surface area is 170 Å². The summed E-state index contributed by atoms with van der Waals surface area (Å²) in [5.41, 5.74) is 0.503. The number of amides is 3. The van der Waals surface area contributed by atoms with Gasteiger partial charge in [0.05, 0.1) is 0 Å². The van der Waals surface area contributed by atoms with Crippen LogP contribution in [0, 0.1) is 11.7 Å². The minimum absolute atomic E-state index is 0.228. The SMILES string of the molecule is CC1CCN(CC2=[N+](Cc3ccccc3F)C3C(=O)N(C)C(=O)N(C)C3=N2)CC1. The summed E-state index contributed by atoms with van der Waals surface area (Å²) in [7, 11) is 3.10. The number of carbonyl (C=O) groups is 2. The molecule has 0 bridgehead atoms. The maximum Gasteiger partial charge on any atom is 0.333 e. The van der Waals surface area contributed by atoms with Crippen LogP contribution in [0.1, 0.15) is 25.3 Å². The Kier molecular flexibility index (Phi) is 5.21. The van der Waals surface area contributed by atoms with E-state index >= 15 is 0 Å². The van der Waals surface area contributed by atoms with Gasteiger partial charge in [-0.2, -0.15) is 0 Å². The molecular formula is C21H27FN5O2+. The molecule has 7 nitrogen and oxygen atoms in total. The molecule has 8 heteroatoms. The van der Waals surface area contributed by atoms with Crippen LogP contribution in [-0.4, -0.2) is 82.7 Å². The monoisotopic (exact) mass is 400 g/mol. The molecule has 0 aliphatic carbocycles. The number of nitrogens with zero attached hydrogens (tertiary/aromatic N) is 5. The van der Waals surface area contributed by atoms with Crippen molar-refractivity contribution in [3.63, 3.8) is 0 Å². The summed E-state index contributed by atoms with van der Waals surface area (Å²) in [6.07, 6.45) is 2.25. The highest BCUT2D eigenvalue weighted by Gasteiger charge is 2.53. The number of imide groups is 1. The second-order valence-electron chi connectivity index (χ2n) is 8.21. The predicted octanol–water partition coefficient (Wildman–Crippen LogP) is 1.77. The molecule has 1 aromatic rings. The van der Waals surface area contributed by atoms with Crippen molar-refractivity contribution in [3.8, 4) is 0 Å². The van der Waals surface area contributed by atoms with Crippen LogP contribution in [0.5, 0.6) is 0 Å². The van der Waals surface area contributed by atoms with Gasteiger partial charge in [-0.1, -0.05) is 25.1 Å². The van der Waals surface area contributed by atoms with Crippen LogP contribution in [0.2, 0.25) is 0 Å². The van der Waals surface area contributed by atoms with E-state index in [-0.39, 0.29) is 18.3 Å². The van der Waals surface area contributed by atoms with Crippen LogP contribution in [0.4, 0.5) is 9.18 Å². The molecule has 2 saturated heterocycles. The van der Waals surface area contributed by atoms with Crippen molar-refractivity contribution < 1.29 is 18.6 Å². The Morgan fingerprint density at radius 1 is 1.14 bits per heavy atom. The third-order valence-corrected chi connectivity index (χ3v) is 6.15. The van der Waals surface area contributed by atoms with Crippen LogP contribution in [0.3, 0.4) is 0 Å². The molecular weight excluding hydrogens is 373 g/mol. The minimum atomic E-state index is -0.707. The van der Waals surface area contributed by atoms with Crippen molar-refractivity contribution in [2.75, 3.05) is 33.7 Å². The molecule has 1 unspecified atom stereocenters. The molecule has 4 rings (SSSR count). The minimum Gasteiger partial charge on any atom is -0.292 e. The van der Waals surface area contributed by atoms with Crippen molar-refractivity contribution >= 4 is 23.6 Å². The van der Waals surface area contributed by atoms with Gasteiger partial charge >= 0.3 is 11.9 Å². The number of likely N-dealkylation sites (N-methyl/N-ethyl adjacent to an activating group) is 2. The van der Waals surface area contributed by atoms with Crippen molar-refractivity contribution in [2.45, 2.75) is 32.4 Å². The lowest BCUT2D eigenvalue weighted by molar-refractivity contribution is -0.552. The number of aliphatic imine (C=N–C) groups is 1. The first-order valence-corrected chi connectivity index (χ1v) is 10.1. The summed E-state index contributed by atoms with van der Waals surface area (Å²) < 4.78 is 16.2. The summed E-state index contributed by atoms with van der Waals surface area (Å²) in [5, 5.41) is 0. The normalized spacial score (nSPS) is 23.7. The van der Waals surface area contributed by atoms with Crippen molar-refractivity contribution in [1.29, 1.82) is 0 Å². The molecule has 3 aliphatic heterocycles. The lowest BCUT2D eigenvalue weighted by Crippen LogP contribution is -2.61. The number of halogens is 1. The molecule has 3 aliphatic rings. The second-order valence-corrected chi connectivity index (χ2v) is 8.21. The lowest BCUT2D eigenvalue weighted by atomic mass is 9.99. The third-order valence-electron chi connectivity index (χ3n) is 6.15. The molecule has 1 aromatic carbocycles. The van der Waals surface area contributed by atoms with Gasteiger partial charge in [-0.3, -0.25) is 19.5 Å². The molecule has 0 radical (unpaired) electrons. The number of rotatable bonds is 4. The molecule has 29 heavy (non-hydrogen) atoms. The first-order valence-electron chi connectivity index (χ1n) is 10.1. The van der Waals surface area contributed by atoms with E-state index in [1.54, 1.807) is 25.2 Å². The number of urea groups is 1. The van der Waals surface area contributed by atoms with Crippen LogP contribution in [0.15, 0.2) is 29.3 Å². The van der Waals surface area contributed by atoms with E-state index in [0.29, 0.717) is 29.7 Å². The van der Waals surface area contributed by atoms with Crippen LogP contribution in [-0.2, 0) is 11.3 Å². The average molecular weight is 400 g/mol. The molecule has 2 fully saturated rings. The number of hydrogen-bond donors (Lipinski definition) is 0. The van der Waals surface area contributed by atoms with E-state index in [2.05, 4.69) is 11.8 Å². The molecule has 0 spiro atoms. The standard InChI is InChI=1S/C21H27FN5O2/c1-14-8-10-26(11-9-14)13-17-23-19-18(20(28)25(3)21(29)24(19)2)27(17)12-15-6-4-5-7-16(15)22/h4-7,14,18H,8-13H2,1-3H3/q+1. The zero-order valence-electron chi connectivity index (χ0n) is 17.1. The Balaban J connectivity index is 1.70. The van der Waals surface area contributed by atoms with E-state index in [4.69, 9.17) is 4.99 Å². The number of likely N-dealkylation sites (tertiary alicyclic amines) is 1. The van der Waals surface area contributed by atoms with Gasteiger partial charge < -0.3 is 0 Å². The van der Waals surface area contributed by atoms with E-state index in [1.165, 1.54) is 18.0 Å². The quantitative estimate of drug-likeness (QED) is 0.724. The topological polar surface area (TPSA) is 59.2 Å². The highest BCUT2D eigenvalue weighted by Crippen LogP contribution is 2.23. The number of hydrogen-bond acceptors (Lipinski definition) is 4. The van der Waals surface area contributed by atoms with E-state index in [1.807, 2.05) is 4.58 Å². The number of amidine groups is 2. The second kappa shape index (κ2) is 7.67. The maximum atomic E-state index is 14.4. The van der Waals surface area contributed by atoms with Gasteiger partial charge in [0.2, 0.25) is 0 Å². The van der Waals surface area contributed by atoms with Gasteiger partial charge in [-0.05, 0) is 42.9 Å². The molecule has 154 valence electrons. The molecule has 3 amide bonds. The van der Waals surface area contributed by atoms with Gasteiger partial charge in [0, 0.05) is 19.7 Å². The lowest BCUT2D eigenvalue weighted by Gasteiger charge is -2.31. The smallest absolute Gasteiger partial charge is 0.292 e. The Morgan fingerprint density at radius 3 is 2.52 bits per heavy atom. The van der Waals surface area contributed by atoms with Crippen molar-refractivity contribution in [3.05, 3.63) is 35.6 Å². The number of benzene rings is 1. The van der Waals surface area contributed by atoms with Crippen molar-refractivity contribution in [1.82, 2.24) is 14.7 Å². The summed E-state index contributed by atoms with van der Waals surface area (Å²) in [4.78, 5) is 34.9. The van der Waals surface area contributed by atoms with Crippen LogP contribution >= 0.6 is 0 Å². The molecule has 0 N–H and O–H groups in total. The Hall–Kier alpha value is -2.61. The first-order chi connectivity index (χ1) is 13.9. The number of carbonyl (C=O) groups excluding carboxylic acids is 2.